The number of hydrogen-bond acceptors (Lipinski definition) is 4. The van der Waals surface area contributed by atoms with Gasteiger partial charge in [-0.3, -0.25) is 4.98 Å². The van der Waals surface area contributed by atoms with Gasteiger partial charge in [-0.2, -0.15) is 4.98 Å². The number of anilines is 1. The van der Waals surface area contributed by atoms with E-state index in [2.05, 4.69) is 31.2 Å². The molecule has 4 nitrogen and oxygen atoms in total. The standard InChI is InChI=1S/C11H8BrClFN3O/c1-15-10-4-16-5-11(17-10)18-9-3-8(14)7(13)2-6(9)12/h2-5H,1H3,(H,15,17). The Morgan fingerprint density at radius 1 is 1.39 bits per heavy atom. The van der Waals surface area contributed by atoms with Crippen LogP contribution in [0.1, 0.15) is 0 Å². The Balaban J connectivity index is 2.30. The van der Waals surface area contributed by atoms with E-state index in [1.54, 1.807) is 13.2 Å². The fourth-order valence-electron chi connectivity index (χ4n) is 1.21. The minimum Gasteiger partial charge on any atom is -0.436 e. The zero-order chi connectivity index (χ0) is 13.1. The van der Waals surface area contributed by atoms with Crippen LogP contribution in [-0.4, -0.2) is 17.0 Å². The van der Waals surface area contributed by atoms with Crippen molar-refractivity contribution in [3.05, 3.63) is 39.8 Å². The van der Waals surface area contributed by atoms with Gasteiger partial charge in [0.1, 0.15) is 17.4 Å². The van der Waals surface area contributed by atoms with Gasteiger partial charge in [0.2, 0.25) is 5.88 Å². The average molecular weight is 333 g/mol. The Labute approximate surface area is 116 Å². The van der Waals surface area contributed by atoms with Gasteiger partial charge < -0.3 is 10.1 Å². The summed E-state index contributed by atoms with van der Waals surface area (Å²) in [6.07, 6.45) is 2.98. The molecule has 0 saturated heterocycles. The maximum Gasteiger partial charge on any atom is 0.239 e. The third kappa shape index (κ3) is 2.88. The molecule has 1 N–H and O–H groups in total. The van der Waals surface area contributed by atoms with Crippen LogP contribution in [-0.2, 0) is 0 Å². The summed E-state index contributed by atoms with van der Waals surface area (Å²) in [4.78, 5) is 8.04. The molecule has 2 rings (SSSR count). The van der Waals surface area contributed by atoms with E-state index >= 15 is 0 Å². The van der Waals surface area contributed by atoms with Gasteiger partial charge in [-0.05, 0) is 22.0 Å². The first-order valence-corrected chi connectivity index (χ1v) is 6.09. The highest BCUT2D eigenvalue weighted by Crippen LogP contribution is 2.33. The lowest BCUT2D eigenvalue weighted by molar-refractivity contribution is 0.453. The van der Waals surface area contributed by atoms with Crippen LogP contribution >= 0.6 is 27.5 Å². The number of nitrogens with one attached hydrogen (secondary N) is 1. The summed E-state index contributed by atoms with van der Waals surface area (Å²) >= 11 is 8.87. The average Bonchev–Trinajstić information content (AvgIpc) is 2.36. The van der Waals surface area contributed by atoms with Crippen molar-refractivity contribution in [1.29, 1.82) is 0 Å². The highest BCUT2D eigenvalue weighted by atomic mass is 79.9. The van der Waals surface area contributed by atoms with Crippen LogP contribution in [0.2, 0.25) is 5.02 Å². The Kier molecular flexibility index (Phi) is 3.98. The van der Waals surface area contributed by atoms with Crippen molar-refractivity contribution >= 4 is 33.3 Å². The SMILES string of the molecule is CNc1cncc(Oc2cc(F)c(Cl)cc2Br)n1. The summed E-state index contributed by atoms with van der Waals surface area (Å²) in [7, 11) is 1.71. The molecule has 0 bridgehead atoms. The minimum atomic E-state index is -0.562. The molecular formula is C11H8BrClFN3O. The molecule has 0 spiro atoms. The molecule has 7 heteroatoms. The second-order valence-electron chi connectivity index (χ2n) is 3.29. The first-order valence-electron chi connectivity index (χ1n) is 4.92. The molecule has 0 aliphatic carbocycles. The second kappa shape index (κ2) is 5.49. The largest absolute Gasteiger partial charge is 0.436 e. The zero-order valence-electron chi connectivity index (χ0n) is 9.25. The van der Waals surface area contributed by atoms with Crippen molar-refractivity contribution in [2.45, 2.75) is 0 Å². The number of benzene rings is 1. The van der Waals surface area contributed by atoms with Gasteiger partial charge in [0.15, 0.2) is 0 Å². The molecule has 1 aromatic carbocycles. The number of nitrogens with zero attached hydrogens (tertiary/aromatic N) is 2. The summed E-state index contributed by atoms with van der Waals surface area (Å²) in [5.74, 6) is 0.523. The molecule has 18 heavy (non-hydrogen) atoms. The zero-order valence-corrected chi connectivity index (χ0v) is 11.6. The van der Waals surface area contributed by atoms with Crippen molar-refractivity contribution < 1.29 is 9.13 Å². The third-order valence-electron chi connectivity index (χ3n) is 2.06. The summed E-state index contributed by atoms with van der Waals surface area (Å²) in [5, 5.41) is 2.85. The third-order valence-corrected chi connectivity index (χ3v) is 2.97. The van der Waals surface area contributed by atoms with E-state index in [9.17, 15) is 4.39 Å². The molecule has 0 atom stereocenters. The van der Waals surface area contributed by atoms with Gasteiger partial charge in [0.25, 0.3) is 0 Å². The smallest absolute Gasteiger partial charge is 0.239 e. The van der Waals surface area contributed by atoms with Crippen LogP contribution in [0, 0.1) is 5.82 Å². The van der Waals surface area contributed by atoms with Gasteiger partial charge in [-0.15, -0.1) is 0 Å². The fraction of sp³-hybridized carbons (Fsp3) is 0.0909. The monoisotopic (exact) mass is 331 g/mol. The predicted molar refractivity (Wildman–Crippen MR) is 70.8 cm³/mol. The summed E-state index contributed by atoms with van der Waals surface area (Å²) in [6, 6.07) is 2.60. The molecule has 0 amide bonds. The van der Waals surface area contributed by atoms with Gasteiger partial charge in [-0.25, -0.2) is 4.39 Å². The van der Waals surface area contributed by atoms with Crippen molar-refractivity contribution in [2.24, 2.45) is 0 Å². The lowest BCUT2D eigenvalue weighted by Crippen LogP contribution is -1.96. The molecule has 2 aromatic rings. The Morgan fingerprint density at radius 2 is 2.17 bits per heavy atom. The second-order valence-corrected chi connectivity index (χ2v) is 4.55. The lowest BCUT2D eigenvalue weighted by atomic mass is 10.3. The molecular weight excluding hydrogens is 324 g/mol. The number of aromatic nitrogens is 2. The van der Waals surface area contributed by atoms with E-state index in [1.807, 2.05) is 0 Å². The normalized spacial score (nSPS) is 10.2. The van der Waals surface area contributed by atoms with Crippen molar-refractivity contribution in [3.8, 4) is 11.6 Å². The molecule has 1 heterocycles. The first kappa shape index (κ1) is 13.0. The summed E-state index contributed by atoms with van der Waals surface area (Å²) in [5.41, 5.74) is 0. The maximum absolute atomic E-state index is 13.3. The molecule has 0 aliphatic heterocycles. The van der Waals surface area contributed by atoms with E-state index in [4.69, 9.17) is 16.3 Å². The molecule has 0 radical (unpaired) electrons. The van der Waals surface area contributed by atoms with Gasteiger partial charge in [0.05, 0.1) is 21.9 Å². The fourth-order valence-corrected chi connectivity index (χ4v) is 1.93. The Morgan fingerprint density at radius 3 is 2.89 bits per heavy atom. The molecule has 0 unspecified atom stereocenters. The maximum atomic E-state index is 13.3. The van der Waals surface area contributed by atoms with E-state index in [-0.39, 0.29) is 16.7 Å². The van der Waals surface area contributed by atoms with Gasteiger partial charge in [0, 0.05) is 13.1 Å². The predicted octanol–water partition coefficient (Wildman–Crippen LogP) is 3.87. The first-order chi connectivity index (χ1) is 8.60. The van der Waals surface area contributed by atoms with Crippen LogP contribution in [0.4, 0.5) is 10.2 Å². The summed E-state index contributed by atoms with van der Waals surface area (Å²) < 4.78 is 19.3. The summed E-state index contributed by atoms with van der Waals surface area (Å²) in [6.45, 7) is 0. The number of hydrogen-bond donors (Lipinski definition) is 1. The quantitative estimate of drug-likeness (QED) is 0.867. The van der Waals surface area contributed by atoms with Crippen LogP contribution in [0.3, 0.4) is 0 Å². The molecule has 0 fully saturated rings. The van der Waals surface area contributed by atoms with Crippen LogP contribution < -0.4 is 10.1 Å². The number of halogens is 3. The van der Waals surface area contributed by atoms with Crippen LogP contribution in [0.25, 0.3) is 0 Å². The molecule has 1 aromatic heterocycles. The van der Waals surface area contributed by atoms with Crippen molar-refractivity contribution in [3.63, 3.8) is 0 Å². The van der Waals surface area contributed by atoms with Crippen molar-refractivity contribution in [1.82, 2.24) is 9.97 Å². The van der Waals surface area contributed by atoms with E-state index < -0.39 is 5.82 Å². The molecule has 0 aliphatic rings. The highest BCUT2D eigenvalue weighted by molar-refractivity contribution is 9.10. The van der Waals surface area contributed by atoms with Crippen molar-refractivity contribution in [2.75, 3.05) is 12.4 Å². The Bertz CT molecular complexity index is 582. The highest BCUT2D eigenvalue weighted by Gasteiger charge is 2.10. The molecule has 94 valence electrons. The van der Waals surface area contributed by atoms with Gasteiger partial charge >= 0.3 is 0 Å². The number of rotatable bonds is 3. The Hall–Kier alpha value is -1.40. The molecule has 0 saturated carbocycles. The minimum absolute atomic E-state index is 0.0179. The lowest BCUT2D eigenvalue weighted by Gasteiger charge is -2.08. The van der Waals surface area contributed by atoms with E-state index in [0.717, 1.165) is 0 Å². The topological polar surface area (TPSA) is 47.0 Å². The number of ether oxygens (including phenoxy) is 1. The van der Waals surface area contributed by atoms with Gasteiger partial charge in [-0.1, -0.05) is 11.6 Å². The van der Waals surface area contributed by atoms with Crippen LogP contribution in [0.15, 0.2) is 29.0 Å². The van der Waals surface area contributed by atoms with E-state index in [0.29, 0.717) is 10.3 Å². The van der Waals surface area contributed by atoms with Crippen LogP contribution in [0.5, 0.6) is 11.6 Å². The van der Waals surface area contributed by atoms with E-state index in [1.165, 1.54) is 18.3 Å².